The number of carbonyl (C=O) groups is 1. The first-order chi connectivity index (χ1) is 12.6. The summed E-state index contributed by atoms with van der Waals surface area (Å²) in [5.41, 5.74) is 2.20. The minimum absolute atomic E-state index is 0.0132. The fraction of sp³-hybridized carbons (Fsp3) is 0.381. The predicted molar refractivity (Wildman–Crippen MR) is 104 cm³/mol. The van der Waals surface area contributed by atoms with Crippen molar-refractivity contribution < 1.29 is 14.4 Å². The summed E-state index contributed by atoms with van der Waals surface area (Å²) in [7, 11) is 0. The topological polar surface area (TPSA) is 42.8 Å². The molecule has 4 nitrogen and oxygen atoms in total. The van der Waals surface area contributed by atoms with Gasteiger partial charge < -0.3 is 15.0 Å². The van der Waals surface area contributed by atoms with Gasteiger partial charge in [0.25, 0.3) is 5.91 Å². The van der Waals surface area contributed by atoms with E-state index in [-0.39, 0.29) is 12.5 Å². The van der Waals surface area contributed by atoms with Crippen LogP contribution in [-0.4, -0.2) is 32.1 Å². The van der Waals surface area contributed by atoms with Gasteiger partial charge in [-0.25, -0.2) is 0 Å². The van der Waals surface area contributed by atoms with Gasteiger partial charge in [0, 0.05) is 23.4 Å². The molecule has 1 amide bonds. The summed E-state index contributed by atoms with van der Waals surface area (Å²) in [4.78, 5) is 13.8. The van der Waals surface area contributed by atoms with E-state index < -0.39 is 0 Å². The summed E-state index contributed by atoms with van der Waals surface area (Å²) in [6.45, 7) is 4.88. The highest BCUT2D eigenvalue weighted by Gasteiger charge is 2.27. The second kappa shape index (κ2) is 9.06. The molecule has 1 fully saturated rings. The number of amides is 1. The van der Waals surface area contributed by atoms with Crippen LogP contribution in [0.25, 0.3) is 0 Å². The Hall–Kier alpha value is -2.04. The van der Waals surface area contributed by atoms with Crippen LogP contribution in [0.5, 0.6) is 5.75 Å². The third-order valence-electron chi connectivity index (χ3n) is 4.94. The number of ether oxygens (including phenoxy) is 1. The van der Waals surface area contributed by atoms with Crippen molar-refractivity contribution in [3.63, 3.8) is 0 Å². The van der Waals surface area contributed by atoms with Gasteiger partial charge in [-0.3, -0.25) is 4.79 Å². The monoisotopic (exact) mass is 373 g/mol. The molecule has 26 heavy (non-hydrogen) atoms. The number of nitrogens with one attached hydrogen (secondary N) is 2. The number of quaternary nitrogens is 1. The summed E-state index contributed by atoms with van der Waals surface area (Å²) in [5.74, 6) is 0.591. The maximum atomic E-state index is 12.3. The van der Waals surface area contributed by atoms with Crippen LogP contribution in [0, 0.1) is 6.92 Å². The Bertz CT molecular complexity index is 730. The maximum Gasteiger partial charge on any atom is 0.258 e. The summed E-state index contributed by atoms with van der Waals surface area (Å²) in [6.07, 6.45) is 2.51. The molecule has 1 heterocycles. The molecule has 0 saturated carbocycles. The molecule has 1 aliphatic heterocycles. The Morgan fingerprint density at radius 1 is 1.19 bits per heavy atom. The molecular weight excluding hydrogens is 348 g/mol. The number of aryl methyl sites for hydroxylation is 1. The van der Waals surface area contributed by atoms with E-state index in [0.717, 1.165) is 18.7 Å². The largest absolute Gasteiger partial charge is 0.484 e. The molecule has 3 rings (SSSR count). The van der Waals surface area contributed by atoms with Crippen molar-refractivity contribution in [3.8, 4) is 5.75 Å². The van der Waals surface area contributed by atoms with Crippen LogP contribution in [0.1, 0.15) is 30.0 Å². The highest BCUT2D eigenvalue weighted by Crippen LogP contribution is 2.21. The SMILES string of the molecule is Cc1cc(Cl)ccc1OCC(=O)NC[C@H](c1ccccc1)[NH+]1CCCC1. The zero-order valence-corrected chi connectivity index (χ0v) is 15.9. The number of carbonyl (C=O) groups excluding carboxylic acids is 1. The molecule has 0 bridgehead atoms. The van der Waals surface area contributed by atoms with Crippen LogP contribution in [-0.2, 0) is 4.79 Å². The molecular formula is C21H26ClN2O2+. The second-order valence-corrected chi connectivity index (χ2v) is 7.27. The third-order valence-corrected chi connectivity index (χ3v) is 5.17. The van der Waals surface area contributed by atoms with Gasteiger partial charge in [-0.1, -0.05) is 41.9 Å². The molecule has 1 aliphatic rings. The summed E-state index contributed by atoms with van der Waals surface area (Å²) >= 11 is 5.95. The van der Waals surface area contributed by atoms with Crippen LogP contribution in [0.4, 0.5) is 0 Å². The average molecular weight is 374 g/mol. The highest BCUT2D eigenvalue weighted by atomic mass is 35.5. The van der Waals surface area contributed by atoms with Crippen LogP contribution in [0.15, 0.2) is 48.5 Å². The lowest BCUT2D eigenvalue weighted by Gasteiger charge is -2.25. The minimum atomic E-state index is -0.0983. The molecule has 0 aliphatic carbocycles. The van der Waals surface area contributed by atoms with Crippen molar-refractivity contribution in [2.24, 2.45) is 0 Å². The molecule has 0 unspecified atom stereocenters. The fourth-order valence-corrected chi connectivity index (χ4v) is 3.77. The number of halogens is 1. The molecule has 1 atom stereocenters. The summed E-state index contributed by atoms with van der Waals surface area (Å²) in [5, 5.41) is 3.71. The van der Waals surface area contributed by atoms with E-state index in [4.69, 9.17) is 16.3 Å². The van der Waals surface area contributed by atoms with Crippen molar-refractivity contribution in [1.82, 2.24) is 5.32 Å². The highest BCUT2D eigenvalue weighted by molar-refractivity contribution is 6.30. The second-order valence-electron chi connectivity index (χ2n) is 6.83. The number of rotatable bonds is 7. The third kappa shape index (κ3) is 4.99. The molecule has 2 aromatic carbocycles. The van der Waals surface area contributed by atoms with Gasteiger partial charge in [0.1, 0.15) is 11.8 Å². The normalized spacial score (nSPS) is 15.6. The lowest BCUT2D eigenvalue weighted by atomic mass is 10.1. The van der Waals surface area contributed by atoms with E-state index in [1.54, 1.807) is 17.0 Å². The number of likely N-dealkylation sites (tertiary alicyclic amines) is 1. The van der Waals surface area contributed by atoms with Gasteiger partial charge in [-0.05, 0) is 30.7 Å². The van der Waals surface area contributed by atoms with E-state index in [9.17, 15) is 4.79 Å². The standard InChI is InChI=1S/C21H25ClN2O2/c1-16-13-18(22)9-10-20(16)26-15-21(25)23-14-19(24-11-5-6-12-24)17-7-3-2-4-8-17/h2-4,7-10,13,19H,5-6,11-12,14-15H2,1H3,(H,23,25)/p+1/t19-/m1/s1. The van der Waals surface area contributed by atoms with Gasteiger partial charge >= 0.3 is 0 Å². The Balaban J connectivity index is 1.55. The van der Waals surface area contributed by atoms with Crippen LogP contribution >= 0.6 is 11.6 Å². The van der Waals surface area contributed by atoms with Gasteiger partial charge in [0.2, 0.25) is 0 Å². The first kappa shape index (κ1) is 18.7. The van der Waals surface area contributed by atoms with Crippen molar-refractivity contribution in [3.05, 3.63) is 64.7 Å². The van der Waals surface area contributed by atoms with Crippen molar-refractivity contribution in [2.45, 2.75) is 25.8 Å². The number of benzene rings is 2. The smallest absolute Gasteiger partial charge is 0.258 e. The quantitative estimate of drug-likeness (QED) is 0.783. The molecule has 0 radical (unpaired) electrons. The molecule has 5 heteroatoms. The average Bonchev–Trinajstić information content (AvgIpc) is 3.16. The van der Waals surface area contributed by atoms with Crippen LogP contribution < -0.4 is 15.0 Å². The Morgan fingerprint density at radius 2 is 1.92 bits per heavy atom. The minimum Gasteiger partial charge on any atom is -0.484 e. The lowest BCUT2D eigenvalue weighted by molar-refractivity contribution is -0.918. The molecule has 2 N–H and O–H groups in total. The Labute approximate surface area is 160 Å². The van der Waals surface area contributed by atoms with Gasteiger partial charge in [-0.2, -0.15) is 0 Å². The zero-order valence-electron chi connectivity index (χ0n) is 15.1. The first-order valence-electron chi connectivity index (χ1n) is 9.18. The lowest BCUT2D eigenvalue weighted by Crippen LogP contribution is -3.11. The van der Waals surface area contributed by atoms with Crippen molar-refractivity contribution in [1.29, 1.82) is 0 Å². The van der Waals surface area contributed by atoms with Gasteiger partial charge in [-0.15, -0.1) is 0 Å². The summed E-state index contributed by atoms with van der Waals surface area (Å²) in [6, 6.07) is 16.1. The zero-order chi connectivity index (χ0) is 18.4. The van der Waals surface area contributed by atoms with E-state index in [0.29, 0.717) is 23.4 Å². The number of hydrogen-bond acceptors (Lipinski definition) is 2. The van der Waals surface area contributed by atoms with E-state index >= 15 is 0 Å². The van der Waals surface area contributed by atoms with Crippen molar-refractivity contribution >= 4 is 17.5 Å². The summed E-state index contributed by atoms with van der Waals surface area (Å²) < 4.78 is 5.64. The van der Waals surface area contributed by atoms with Crippen LogP contribution in [0.3, 0.4) is 0 Å². The number of hydrogen-bond donors (Lipinski definition) is 2. The van der Waals surface area contributed by atoms with E-state index in [2.05, 4.69) is 29.6 Å². The molecule has 1 saturated heterocycles. The molecule has 138 valence electrons. The Morgan fingerprint density at radius 3 is 2.62 bits per heavy atom. The molecule has 2 aromatic rings. The van der Waals surface area contributed by atoms with E-state index in [1.807, 2.05) is 19.1 Å². The van der Waals surface area contributed by atoms with Crippen LogP contribution in [0.2, 0.25) is 5.02 Å². The Kier molecular flexibility index (Phi) is 6.53. The maximum absolute atomic E-state index is 12.3. The predicted octanol–water partition coefficient (Wildman–Crippen LogP) is 2.56. The van der Waals surface area contributed by atoms with Gasteiger partial charge in [0.15, 0.2) is 6.61 Å². The van der Waals surface area contributed by atoms with E-state index in [1.165, 1.54) is 18.4 Å². The fourth-order valence-electron chi connectivity index (χ4n) is 3.55. The first-order valence-corrected chi connectivity index (χ1v) is 9.56. The van der Waals surface area contributed by atoms with Gasteiger partial charge in [0.05, 0.1) is 19.6 Å². The van der Waals surface area contributed by atoms with Crippen molar-refractivity contribution in [2.75, 3.05) is 26.2 Å². The molecule has 0 spiro atoms. The molecule has 0 aromatic heterocycles.